The van der Waals surface area contributed by atoms with Crippen molar-refractivity contribution in [2.75, 3.05) is 13.1 Å². The first-order valence-electron chi connectivity index (χ1n) is 12.1. The smallest absolute Gasteiger partial charge is 0.410 e. The molecule has 0 atom stereocenters. The van der Waals surface area contributed by atoms with E-state index >= 15 is 0 Å². The van der Waals surface area contributed by atoms with Crippen molar-refractivity contribution in [2.24, 2.45) is 0 Å². The largest absolute Gasteiger partial charge is 0.444 e. The summed E-state index contributed by atoms with van der Waals surface area (Å²) in [6.07, 6.45) is 5.51. The Hall–Kier alpha value is -3.68. The van der Waals surface area contributed by atoms with E-state index in [-0.39, 0.29) is 18.1 Å². The molecular formula is C27H32N6O2. The number of fused-ring (bicyclic) bond motifs is 1. The van der Waals surface area contributed by atoms with Gasteiger partial charge < -0.3 is 9.64 Å². The summed E-state index contributed by atoms with van der Waals surface area (Å²) in [6.45, 7) is 13.1. The number of amides is 1. The van der Waals surface area contributed by atoms with Crippen LogP contribution < -0.4 is 0 Å². The van der Waals surface area contributed by atoms with Gasteiger partial charge in [0.2, 0.25) is 0 Å². The Kier molecular flexibility index (Phi) is 5.62. The lowest BCUT2D eigenvalue weighted by Crippen LogP contribution is -2.50. The molecule has 0 bridgehead atoms. The van der Waals surface area contributed by atoms with E-state index in [1.54, 1.807) is 4.90 Å². The van der Waals surface area contributed by atoms with Crippen molar-refractivity contribution in [3.63, 3.8) is 0 Å². The minimum atomic E-state index is -0.518. The van der Waals surface area contributed by atoms with E-state index in [9.17, 15) is 4.79 Å². The molecule has 182 valence electrons. The van der Waals surface area contributed by atoms with Crippen LogP contribution in [-0.2, 0) is 4.74 Å². The monoisotopic (exact) mass is 472 g/mol. The summed E-state index contributed by atoms with van der Waals surface area (Å²) >= 11 is 0. The molecule has 1 amide bonds. The Morgan fingerprint density at radius 3 is 2.46 bits per heavy atom. The maximum Gasteiger partial charge on any atom is 0.410 e. The Balaban J connectivity index is 1.58. The molecule has 1 saturated heterocycles. The van der Waals surface area contributed by atoms with Gasteiger partial charge in [0.15, 0.2) is 5.65 Å². The van der Waals surface area contributed by atoms with E-state index in [1.807, 2.05) is 48.6 Å². The molecule has 1 aromatic carbocycles. The number of benzene rings is 1. The second-order valence-corrected chi connectivity index (χ2v) is 10.6. The lowest BCUT2D eigenvalue weighted by Gasteiger charge is -2.39. The average molecular weight is 473 g/mol. The summed E-state index contributed by atoms with van der Waals surface area (Å²) in [5, 5.41) is 10.6. The number of nitrogens with zero attached hydrogens (tertiary/aromatic N) is 6. The van der Waals surface area contributed by atoms with Gasteiger partial charge in [-0.15, -0.1) is 0 Å². The molecule has 0 N–H and O–H groups in total. The van der Waals surface area contributed by atoms with Gasteiger partial charge in [-0.25, -0.2) is 14.5 Å². The van der Waals surface area contributed by atoms with Gasteiger partial charge in [0.05, 0.1) is 23.0 Å². The number of hydrogen-bond donors (Lipinski definition) is 0. The first kappa shape index (κ1) is 23.1. The summed E-state index contributed by atoms with van der Waals surface area (Å²) in [4.78, 5) is 19.0. The fourth-order valence-electron chi connectivity index (χ4n) is 4.35. The second-order valence-electron chi connectivity index (χ2n) is 10.6. The summed E-state index contributed by atoms with van der Waals surface area (Å²) in [5.74, 6) is 0.0970. The van der Waals surface area contributed by atoms with Crippen LogP contribution in [0.1, 0.15) is 57.8 Å². The highest BCUT2D eigenvalue weighted by Crippen LogP contribution is 2.38. The molecular weight excluding hydrogens is 440 g/mol. The highest BCUT2D eigenvalue weighted by molar-refractivity contribution is 5.96. The van der Waals surface area contributed by atoms with Crippen LogP contribution in [0.4, 0.5) is 4.79 Å². The van der Waals surface area contributed by atoms with Crippen LogP contribution in [0.25, 0.3) is 27.8 Å². The lowest BCUT2D eigenvalue weighted by molar-refractivity contribution is 0.00795. The van der Waals surface area contributed by atoms with Crippen molar-refractivity contribution in [1.29, 1.82) is 0 Å². The van der Waals surface area contributed by atoms with Crippen LogP contribution in [0, 0.1) is 6.92 Å². The number of aryl methyl sites for hydroxylation is 1. The Morgan fingerprint density at radius 1 is 1.11 bits per heavy atom. The predicted molar refractivity (Wildman–Crippen MR) is 136 cm³/mol. The fraction of sp³-hybridized carbons (Fsp3) is 0.407. The molecule has 1 aliphatic heterocycles. The lowest BCUT2D eigenvalue weighted by atomic mass is 9.92. The van der Waals surface area contributed by atoms with Crippen molar-refractivity contribution in [3.05, 3.63) is 60.2 Å². The number of carbonyl (C=O) groups excluding carboxylic acids is 1. The van der Waals surface area contributed by atoms with E-state index in [4.69, 9.17) is 14.8 Å². The van der Waals surface area contributed by atoms with Gasteiger partial charge in [-0.05, 0) is 65.3 Å². The van der Waals surface area contributed by atoms with E-state index in [0.717, 1.165) is 33.5 Å². The van der Waals surface area contributed by atoms with Crippen molar-refractivity contribution in [2.45, 2.75) is 59.1 Å². The molecule has 1 fully saturated rings. The maximum absolute atomic E-state index is 12.5. The van der Waals surface area contributed by atoms with Gasteiger partial charge >= 0.3 is 6.09 Å². The molecule has 0 radical (unpaired) electrons. The number of likely N-dealkylation sites (tertiary alicyclic amines) is 1. The van der Waals surface area contributed by atoms with E-state index < -0.39 is 5.60 Å². The molecule has 0 spiro atoms. The molecule has 0 saturated carbocycles. The molecule has 5 rings (SSSR count). The van der Waals surface area contributed by atoms with E-state index in [0.29, 0.717) is 13.1 Å². The van der Waals surface area contributed by atoms with Crippen LogP contribution in [0.2, 0.25) is 0 Å². The number of carbonyl (C=O) groups is 1. The molecule has 4 heterocycles. The first-order chi connectivity index (χ1) is 16.6. The standard InChI is InChI=1S/C27H32N6O2/c1-17(2)32-16-19(13-29-32)22-11-12-28-25-23(22)24(30-33(25)21-9-7-18(3)8-10-21)20-14-31(15-20)26(34)35-27(4,5)6/h7-13,16-17,20H,14-15H2,1-6H3. The van der Waals surface area contributed by atoms with Gasteiger partial charge in [0.25, 0.3) is 0 Å². The summed E-state index contributed by atoms with van der Waals surface area (Å²) < 4.78 is 9.43. The number of pyridine rings is 1. The average Bonchev–Trinajstić information content (AvgIpc) is 3.38. The third kappa shape index (κ3) is 4.40. The number of aromatic nitrogens is 5. The minimum absolute atomic E-state index is 0.0970. The van der Waals surface area contributed by atoms with Crippen molar-refractivity contribution >= 4 is 17.1 Å². The van der Waals surface area contributed by atoms with Gasteiger partial charge in [0, 0.05) is 43.0 Å². The number of ether oxygens (including phenoxy) is 1. The van der Waals surface area contributed by atoms with Gasteiger partial charge in [-0.1, -0.05) is 17.7 Å². The summed E-state index contributed by atoms with van der Waals surface area (Å²) in [6, 6.07) is 10.6. The fourth-order valence-corrected chi connectivity index (χ4v) is 4.35. The Labute approximate surface area is 205 Å². The zero-order valence-electron chi connectivity index (χ0n) is 21.2. The van der Waals surface area contributed by atoms with Crippen LogP contribution in [-0.4, -0.2) is 54.2 Å². The highest BCUT2D eigenvalue weighted by Gasteiger charge is 2.38. The van der Waals surface area contributed by atoms with Crippen LogP contribution in [0.15, 0.2) is 48.9 Å². The topological polar surface area (TPSA) is 78.1 Å². The van der Waals surface area contributed by atoms with Crippen molar-refractivity contribution < 1.29 is 9.53 Å². The van der Waals surface area contributed by atoms with E-state index in [1.165, 1.54) is 5.56 Å². The Morgan fingerprint density at radius 2 is 1.83 bits per heavy atom. The van der Waals surface area contributed by atoms with Crippen LogP contribution in [0.3, 0.4) is 0 Å². The molecule has 1 aliphatic rings. The van der Waals surface area contributed by atoms with E-state index in [2.05, 4.69) is 56.3 Å². The predicted octanol–water partition coefficient (Wildman–Crippen LogP) is 5.51. The third-order valence-corrected chi connectivity index (χ3v) is 6.24. The van der Waals surface area contributed by atoms with Crippen molar-refractivity contribution in [3.8, 4) is 16.8 Å². The van der Waals surface area contributed by atoms with Gasteiger partial charge in [-0.3, -0.25) is 4.68 Å². The molecule has 35 heavy (non-hydrogen) atoms. The van der Waals surface area contributed by atoms with Crippen LogP contribution >= 0.6 is 0 Å². The summed E-state index contributed by atoms with van der Waals surface area (Å²) in [5.41, 5.74) is 5.44. The molecule has 8 nitrogen and oxygen atoms in total. The quantitative estimate of drug-likeness (QED) is 0.391. The SMILES string of the molecule is Cc1ccc(-n2nc(C3CN(C(=O)OC(C)(C)C)C3)c3c(-c4cnn(C(C)C)c4)ccnc32)cc1. The molecule has 8 heteroatoms. The zero-order valence-corrected chi connectivity index (χ0v) is 21.2. The number of hydrogen-bond acceptors (Lipinski definition) is 5. The zero-order chi connectivity index (χ0) is 24.9. The molecule has 3 aromatic heterocycles. The highest BCUT2D eigenvalue weighted by atomic mass is 16.6. The van der Waals surface area contributed by atoms with Gasteiger partial charge in [-0.2, -0.15) is 10.2 Å². The molecule has 0 unspecified atom stereocenters. The minimum Gasteiger partial charge on any atom is -0.444 e. The van der Waals surface area contributed by atoms with Crippen LogP contribution in [0.5, 0.6) is 0 Å². The van der Waals surface area contributed by atoms with Crippen molar-refractivity contribution in [1.82, 2.24) is 29.4 Å². The second kappa shape index (κ2) is 8.52. The maximum atomic E-state index is 12.5. The number of rotatable bonds is 4. The Bertz CT molecular complexity index is 1370. The summed E-state index contributed by atoms with van der Waals surface area (Å²) in [7, 11) is 0. The molecule has 0 aliphatic carbocycles. The normalized spacial score (nSPS) is 14.5. The third-order valence-electron chi connectivity index (χ3n) is 6.24. The first-order valence-corrected chi connectivity index (χ1v) is 12.1. The van der Waals surface area contributed by atoms with Gasteiger partial charge in [0.1, 0.15) is 5.60 Å². The molecule has 4 aromatic rings.